The summed E-state index contributed by atoms with van der Waals surface area (Å²) < 4.78 is 69.4. The van der Waals surface area contributed by atoms with Gasteiger partial charge in [0.15, 0.2) is 5.65 Å². The van der Waals surface area contributed by atoms with E-state index < -0.39 is 28.2 Å². The predicted molar refractivity (Wildman–Crippen MR) is 148 cm³/mol. The van der Waals surface area contributed by atoms with Crippen LogP contribution in [0.2, 0.25) is 0 Å². The van der Waals surface area contributed by atoms with E-state index in [1.807, 2.05) is 12.3 Å². The van der Waals surface area contributed by atoms with Gasteiger partial charge in [-0.15, -0.1) is 0 Å². The van der Waals surface area contributed by atoms with Crippen LogP contribution in [-0.2, 0) is 17.3 Å². The molecule has 8 nitrogen and oxygen atoms in total. The highest BCUT2D eigenvalue weighted by Crippen LogP contribution is 2.42. The number of aromatic nitrogens is 4. The number of aromatic amines is 1. The first-order chi connectivity index (χ1) is 19.8. The lowest BCUT2D eigenvalue weighted by molar-refractivity contribution is -0.137. The molecule has 41 heavy (non-hydrogen) atoms. The van der Waals surface area contributed by atoms with Gasteiger partial charge in [-0.2, -0.15) is 18.3 Å². The Morgan fingerprint density at radius 2 is 1.85 bits per heavy atom. The zero-order chi connectivity index (χ0) is 28.6. The van der Waals surface area contributed by atoms with Crippen LogP contribution in [0.1, 0.15) is 55.6 Å². The van der Waals surface area contributed by atoms with Crippen LogP contribution >= 0.6 is 0 Å². The average Bonchev–Trinajstić information content (AvgIpc) is 3.46. The first-order valence-corrected chi connectivity index (χ1v) is 15.1. The lowest BCUT2D eigenvalue weighted by Crippen LogP contribution is -2.49. The number of benzene rings is 1. The molecule has 1 aromatic carbocycles. The number of piperidine rings is 1. The number of likely N-dealkylation sites (tertiary alicyclic amines) is 1. The number of hydrogen-bond donors (Lipinski definition) is 1. The fraction of sp³-hybridized carbons (Fsp3) is 0.483. The lowest BCUT2D eigenvalue weighted by Gasteiger charge is -2.44. The first kappa shape index (κ1) is 28.0. The molecule has 0 amide bonds. The SMILES string of the molecule is O=S([O-])C(C1CCC(c2cn[nH]c3cnc4nccc4c23)CC1)N1CCCC(COc2ccc(C(F)(F)F)cc2)C1. The second kappa shape index (κ2) is 11.7. The number of fused-ring (bicyclic) bond motifs is 3. The van der Waals surface area contributed by atoms with Gasteiger partial charge in [-0.25, -0.2) is 9.97 Å². The van der Waals surface area contributed by atoms with Crippen molar-refractivity contribution in [2.24, 2.45) is 11.8 Å². The summed E-state index contributed by atoms with van der Waals surface area (Å²) in [7, 11) is 0. The zero-order valence-corrected chi connectivity index (χ0v) is 23.2. The Morgan fingerprint density at radius 1 is 1.07 bits per heavy atom. The molecule has 0 radical (unpaired) electrons. The summed E-state index contributed by atoms with van der Waals surface area (Å²) in [5.74, 6) is 0.767. The van der Waals surface area contributed by atoms with E-state index in [1.165, 1.54) is 12.1 Å². The zero-order valence-electron chi connectivity index (χ0n) is 22.3. The molecule has 6 rings (SSSR count). The van der Waals surface area contributed by atoms with Crippen LogP contribution in [0, 0.1) is 11.8 Å². The third kappa shape index (κ3) is 5.96. The molecule has 4 heterocycles. The van der Waals surface area contributed by atoms with Crippen molar-refractivity contribution in [2.75, 3.05) is 19.7 Å². The first-order valence-electron chi connectivity index (χ1n) is 14.0. The summed E-state index contributed by atoms with van der Waals surface area (Å²) in [5, 5.41) is 8.90. The molecule has 3 aromatic heterocycles. The van der Waals surface area contributed by atoms with Crippen LogP contribution < -0.4 is 4.74 Å². The topological polar surface area (TPSA) is 107 Å². The Labute approximate surface area is 238 Å². The largest absolute Gasteiger partial charge is 0.771 e. The standard InChI is InChI=1S/C29H32F3N5O3S/c30-29(31,32)21-7-9-22(10-8-21)40-17-18-2-1-13-37(16-18)28(41(38)39)20-5-3-19(4-6-20)24-14-35-36-25-15-34-27-23(26(24)25)11-12-33-27/h7-12,14-15,18-20,28,36H,1-6,13,16-17H2,(H,38,39)/p-1. The predicted octanol–water partition coefficient (Wildman–Crippen LogP) is 5.79. The second-order valence-corrected chi connectivity index (χ2v) is 12.2. The molecule has 1 saturated heterocycles. The molecular weight excluding hydrogens is 555 g/mol. The number of rotatable bonds is 7. The molecule has 2 aliphatic rings. The van der Waals surface area contributed by atoms with Crippen LogP contribution in [0.4, 0.5) is 13.2 Å². The summed E-state index contributed by atoms with van der Waals surface area (Å²) in [6, 6.07) is 6.66. The number of nitrogens with one attached hydrogen (secondary N) is 1. The van der Waals surface area contributed by atoms with Crippen LogP contribution in [0.15, 0.2) is 48.9 Å². The number of H-pyrrole nitrogens is 1. The van der Waals surface area contributed by atoms with E-state index in [0.29, 0.717) is 31.1 Å². The minimum Gasteiger partial charge on any atom is -0.771 e. The quantitative estimate of drug-likeness (QED) is 0.273. The van der Waals surface area contributed by atoms with Gasteiger partial charge in [-0.05, 0) is 104 Å². The fourth-order valence-corrected chi connectivity index (χ4v) is 7.63. The summed E-state index contributed by atoms with van der Waals surface area (Å²) >= 11 is -2.26. The van der Waals surface area contributed by atoms with Crippen molar-refractivity contribution in [3.05, 3.63) is 60.0 Å². The van der Waals surface area contributed by atoms with Gasteiger partial charge in [0.2, 0.25) is 0 Å². The third-order valence-corrected chi connectivity index (χ3v) is 9.68. The highest BCUT2D eigenvalue weighted by Gasteiger charge is 2.36. The van der Waals surface area contributed by atoms with Gasteiger partial charge in [-0.3, -0.25) is 14.2 Å². The molecule has 2 fully saturated rings. The van der Waals surface area contributed by atoms with Crippen molar-refractivity contribution >= 4 is 33.0 Å². The summed E-state index contributed by atoms with van der Waals surface area (Å²) in [4.78, 5) is 10.8. The van der Waals surface area contributed by atoms with Gasteiger partial charge >= 0.3 is 6.18 Å². The van der Waals surface area contributed by atoms with Gasteiger partial charge in [0.1, 0.15) is 5.75 Å². The van der Waals surface area contributed by atoms with Crippen LogP contribution in [0.3, 0.4) is 0 Å². The number of alkyl halides is 3. The van der Waals surface area contributed by atoms with Crippen molar-refractivity contribution in [2.45, 2.75) is 56.0 Å². The van der Waals surface area contributed by atoms with Crippen molar-refractivity contribution < 1.29 is 26.7 Å². The van der Waals surface area contributed by atoms with E-state index in [1.54, 1.807) is 12.4 Å². The monoisotopic (exact) mass is 586 g/mol. The number of pyridine rings is 1. The molecule has 0 spiro atoms. The van der Waals surface area contributed by atoms with Crippen molar-refractivity contribution in [3.8, 4) is 5.75 Å². The Hall–Kier alpha value is -3.09. The fourth-order valence-electron chi connectivity index (χ4n) is 6.61. The van der Waals surface area contributed by atoms with Gasteiger partial charge in [0, 0.05) is 29.4 Å². The summed E-state index contributed by atoms with van der Waals surface area (Å²) in [6.07, 6.45) is 6.06. The third-order valence-electron chi connectivity index (χ3n) is 8.60. The second-order valence-electron chi connectivity index (χ2n) is 11.2. The molecule has 1 aliphatic heterocycles. The maximum Gasteiger partial charge on any atom is 0.416 e. The maximum absolute atomic E-state index is 12.8. The van der Waals surface area contributed by atoms with Crippen LogP contribution in [-0.4, -0.2) is 58.9 Å². The number of hydrogen-bond acceptors (Lipinski definition) is 7. The van der Waals surface area contributed by atoms with Gasteiger partial charge < -0.3 is 9.29 Å². The Kier molecular flexibility index (Phi) is 7.97. The minimum atomic E-state index is -4.39. The van der Waals surface area contributed by atoms with E-state index >= 15 is 0 Å². The van der Waals surface area contributed by atoms with Crippen molar-refractivity contribution in [3.63, 3.8) is 0 Å². The van der Waals surface area contributed by atoms with E-state index in [4.69, 9.17) is 4.74 Å². The van der Waals surface area contributed by atoms with Crippen LogP contribution in [0.5, 0.6) is 5.75 Å². The normalized spacial score (nSPS) is 24.0. The number of nitrogens with zero attached hydrogens (tertiary/aromatic N) is 4. The highest BCUT2D eigenvalue weighted by molar-refractivity contribution is 7.79. The van der Waals surface area contributed by atoms with Gasteiger partial charge in [0.25, 0.3) is 0 Å². The molecule has 0 bridgehead atoms. The Morgan fingerprint density at radius 3 is 2.59 bits per heavy atom. The van der Waals surface area contributed by atoms with Gasteiger partial charge in [0.05, 0.1) is 35.5 Å². The van der Waals surface area contributed by atoms with Crippen LogP contribution in [0.25, 0.3) is 21.9 Å². The smallest absolute Gasteiger partial charge is 0.416 e. The van der Waals surface area contributed by atoms with E-state index in [0.717, 1.165) is 72.5 Å². The number of halogens is 3. The average molecular weight is 587 g/mol. The molecule has 1 N–H and O–H groups in total. The molecule has 4 aromatic rings. The molecule has 12 heteroatoms. The van der Waals surface area contributed by atoms with E-state index in [2.05, 4.69) is 25.1 Å². The molecule has 3 unspecified atom stereocenters. The maximum atomic E-state index is 12.8. The molecular formula is C29H31F3N5O3S-. The molecule has 1 saturated carbocycles. The van der Waals surface area contributed by atoms with Crippen molar-refractivity contribution in [1.29, 1.82) is 0 Å². The Bertz CT molecular complexity index is 1520. The van der Waals surface area contributed by atoms with E-state index in [9.17, 15) is 21.9 Å². The highest BCUT2D eigenvalue weighted by atomic mass is 32.2. The van der Waals surface area contributed by atoms with Gasteiger partial charge in [-0.1, -0.05) is 0 Å². The minimum absolute atomic E-state index is 0.0240. The lowest BCUT2D eigenvalue weighted by atomic mass is 9.77. The number of ether oxygens (including phenoxy) is 1. The molecule has 3 atom stereocenters. The van der Waals surface area contributed by atoms with Crippen molar-refractivity contribution in [1.82, 2.24) is 25.1 Å². The summed E-state index contributed by atoms with van der Waals surface area (Å²) in [6.45, 7) is 1.61. The summed E-state index contributed by atoms with van der Waals surface area (Å²) in [5.41, 5.74) is 2.00. The Balaban J connectivity index is 1.10. The van der Waals surface area contributed by atoms with E-state index in [-0.39, 0.29) is 17.8 Å². The molecule has 1 aliphatic carbocycles. The molecule has 218 valence electrons.